The molecule has 1 aliphatic rings. The van der Waals surface area contributed by atoms with Gasteiger partial charge in [0.2, 0.25) is 0 Å². The van der Waals surface area contributed by atoms with Crippen LogP contribution >= 0.6 is 0 Å². The molecule has 2 nitrogen and oxygen atoms in total. The summed E-state index contributed by atoms with van der Waals surface area (Å²) in [6.45, 7) is 0. The summed E-state index contributed by atoms with van der Waals surface area (Å²) in [5.74, 6) is 2.47. The molecule has 1 saturated carbocycles. The van der Waals surface area contributed by atoms with Crippen molar-refractivity contribution in [2.45, 2.75) is 31.3 Å². The molecule has 1 aliphatic carbocycles. The predicted octanol–water partition coefficient (Wildman–Crippen LogP) is 1.06. The van der Waals surface area contributed by atoms with E-state index in [0.717, 1.165) is 12.8 Å². The van der Waals surface area contributed by atoms with E-state index in [0.29, 0.717) is 12.8 Å². The third-order valence-corrected chi connectivity index (χ3v) is 2.26. The summed E-state index contributed by atoms with van der Waals surface area (Å²) >= 11 is 0. The van der Waals surface area contributed by atoms with Crippen LogP contribution in [0.5, 0.6) is 0 Å². The van der Waals surface area contributed by atoms with Crippen LogP contribution in [0.25, 0.3) is 0 Å². The van der Waals surface area contributed by atoms with Crippen LogP contribution < -0.4 is 0 Å². The predicted molar refractivity (Wildman–Crippen MR) is 41.4 cm³/mol. The molecule has 0 spiro atoms. The van der Waals surface area contributed by atoms with E-state index in [2.05, 4.69) is 12.0 Å². The zero-order valence-electron chi connectivity index (χ0n) is 6.38. The minimum absolute atomic E-state index is 0.101. The molecular formula is C9H11NO. The van der Waals surface area contributed by atoms with Crippen molar-refractivity contribution < 1.29 is 5.11 Å². The summed E-state index contributed by atoms with van der Waals surface area (Å²) in [7, 11) is 0. The van der Waals surface area contributed by atoms with Crippen molar-refractivity contribution in [3.05, 3.63) is 0 Å². The van der Waals surface area contributed by atoms with Gasteiger partial charge < -0.3 is 5.11 Å². The van der Waals surface area contributed by atoms with Crippen molar-refractivity contribution in [3.63, 3.8) is 0 Å². The molecule has 0 aliphatic heterocycles. The lowest BCUT2D eigenvalue weighted by Gasteiger charge is -2.28. The van der Waals surface area contributed by atoms with Crippen molar-refractivity contribution in [3.8, 4) is 18.4 Å². The van der Waals surface area contributed by atoms with Crippen LogP contribution in [0.15, 0.2) is 0 Å². The molecule has 0 heterocycles. The van der Waals surface area contributed by atoms with E-state index < -0.39 is 5.60 Å². The fraction of sp³-hybridized carbons (Fsp3) is 0.667. The van der Waals surface area contributed by atoms with E-state index in [1.165, 1.54) is 0 Å². The van der Waals surface area contributed by atoms with Crippen molar-refractivity contribution in [2.75, 3.05) is 0 Å². The smallest absolute Gasteiger partial charge is 0.125 e. The van der Waals surface area contributed by atoms with Crippen molar-refractivity contribution in [2.24, 2.45) is 5.92 Å². The molecule has 0 amide bonds. The van der Waals surface area contributed by atoms with Crippen LogP contribution in [0.1, 0.15) is 25.7 Å². The molecular weight excluding hydrogens is 138 g/mol. The molecule has 11 heavy (non-hydrogen) atoms. The van der Waals surface area contributed by atoms with E-state index in [-0.39, 0.29) is 5.92 Å². The third-order valence-electron chi connectivity index (χ3n) is 2.26. The van der Waals surface area contributed by atoms with Crippen LogP contribution in [0.2, 0.25) is 0 Å². The Morgan fingerprint density at radius 1 is 1.45 bits per heavy atom. The van der Waals surface area contributed by atoms with E-state index in [1.54, 1.807) is 0 Å². The summed E-state index contributed by atoms with van der Waals surface area (Å²) in [5, 5.41) is 18.1. The summed E-state index contributed by atoms with van der Waals surface area (Å²) in [5.41, 5.74) is -0.923. The zero-order valence-corrected chi connectivity index (χ0v) is 6.38. The quantitative estimate of drug-likeness (QED) is 0.523. The molecule has 0 saturated heterocycles. The van der Waals surface area contributed by atoms with Crippen LogP contribution in [0.3, 0.4) is 0 Å². The number of nitriles is 1. The van der Waals surface area contributed by atoms with Crippen molar-refractivity contribution in [1.82, 2.24) is 0 Å². The summed E-state index contributed by atoms with van der Waals surface area (Å²) in [6, 6.07) is 2.19. The van der Waals surface area contributed by atoms with Gasteiger partial charge in [0.15, 0.2) is 0 Å². The first-order chi connectivity index (χ1) is 5.20. The van der Waals surface area contributed by atoms with Gasteiger partial charge in [-0.25, -0.2) is 0 Å². The normalized spacial score (nSPS) is 37.2. The van der Waals surface area contributed by atoms with Gasteiger partial charge in [-0.2, -0.15) is 5.26 Å². The SMILES string of the molecule is C#CC1(O)CCC(C#N)CC1. The average molecular weight is 149 g/mol. The number of hydrogen-bond acceptors (Lipinski definition) is 2. The Labute approximate surface area is 66.8 Å². The Morgan fingerprint density at radius 3 is 2.36 bits per heavy atom. The van der Waals surface area contributed by atoms with Crippen molar-refractivity contribution >= 4 is 0 Å². The molecule has 0 atom stereocenters. The maximum Gasteiger partial charge on any atom is 0.125 e. The molecule has 58 valence electrons. The zero-order chi connectivity index (χ0) is 8.32. The molecule has 0 aromatic heterocycles. The number of nitrogens with zero attached hydrogens (tertiary/aromatic N) is 1. The molecule has 1 fully saturated rings. The minimum Gasteiger partial charge on any atom is -0.378 e. The minimum atomic E-state index is -0.923. The lowest BCUT2D eigenvalue weighted by molar-refractivity contribution is 0.0521. The summed E-state index contributed by atoms with van der Waals surface area (Å²) in [6.07, 6.45) is 7.75. The Bertz CT molecular complexity index is 213. The largest absolute Gasteiger partial charge is 0.378 e. The number of hydrogen-bond donors (Lipinski definition) is 1. The molecule has 0 bridgehead atoms. The molecule has 1 rings (SSSR count). The van der Waals surface area contributed by atoms with Gasteiger partial charge in [-0.05, 0) is 25.7 Å². The van der Waals surface area contributed by atoms with Gasteiger partial charge in [-0.1, -0.05) is 5.92 Å². The molecule has 0 unspecified atom stereocenters. The average Bonchev–Trinajstić information content (AvgIpc) is 2.06. The lowest BCUT2D eigenvalue weighted by atomic mass is 9.80. The fourth-order valence-corrected chi connectivity index (χ4v) is 1.37. The molecule has 2 heteroatoms. The number of terminal acetylenes is 1. The molecule has 1 N–H and O–H groups in total. The van der Waals surface area contributed by atoms with E-state index in [4.69, 9.17) is 11.7 Å². The van der Waals surface area contributed by atoms with Gasteiger partial charge in [0.25, 0.3) is 0 Å². The lowest BCUT2D eigenvalue weighted by Crippen LogP contribution is -2.31. The number of aliphatic hydroxyl groups is 1. The molecule has 0 aromatic rings. The highest BCUT2D eigenvalue weighted by atomic mass is 16.3. The van der Waals surface area contributed by atoms with Gasteiger partial charge >= 0.3 is 0 Å². The van der Waals surface area contributed by atoms with Crippen LogP contribution in [-0.2, 0) is 0 Å². The monoisotopic (exact) mass is 149 g/mol. The third kappa shape index (κ3) is 1.73. The maximum absolute atomic E-state index is 9.55. The van der Waals surface area contributed by atoms with E-state index in [1.807, 2.05) is 0 Å². The first kappa shape index (κ1) is 8.11. The van der Waals surface area contributed by atoms with Crippen LogP contribution in [-0.4, -0.2) is 10.7 Å². The van der Waals surface area contributed by atoms with Gasteiger partial charge in [0.05, 0.1) is 6.07 Å². The van der Waals surface area contributed by atoms with E-state index in [9.17, 15) is 5.11 Å². The topological polar surface area (TPSA) is 44.0 Å². The van der Waals surface area contributed by atoms with Crippen LogP contribution in [0, 0.1) is 29.6 Å². The Morgan fingerprint density at radius 2 is 2.00 bits per heavy atom. The maximum atomic E-state index is 9.55. The highest BCUT2D eigenvalue weighted by Crippen LogP contribution is 2.30. The fourth-order valence-electron chi connectivity index (χ4n) is 1.37. The molecule has 0 radical (unpaired) electrons. The highest BCUT2D eigenvalue weighted by molar-refractivity contribution is 5.10. The number of rotatable bonds is 0. The summed E-state index contributed by atoms with van der Waals surface area (Å²) in [4.78, 5) is 0. The van der Waals surface area contributed by atoms with Gasteiger partial charge in [0.1, 0.15) is 5.60 Å². The highest BCUT2D eigenvalue weighted by Gasteiger charge is 2.30. The van der Waals surface area contributed by atoms with Gasteiger partial charge in [-0.15, -0.1) is 6.42 Å². The van der Waals surface area contributed by atoms with Crippen molar-refractivity contribution in [1.29, 1.82) is 5.26 Å². The van der Waals surface area contributed by atoms with Gasteiger partial charge in [-0.3, -0.25) is 0 Å². The first-order valence-corrected chi connectivity index (χ1v) is 3.80. The van der Waals surface area contributed by atoms with E-state index >= 15 is 0 Å². The Hall–Kier alpha value is -0.990. The second kappa shape index (κ2) is 2.95. The summed E-state index contributed by atoms with van der Waals surface area (Å²) < 4.78 is 0. The standard InChI is InChI=1S/C9H11NO/c1-2-9(11)5-3-8(7-10)4-6-9/h1,8,11H,3-6H2. The van der Waals surface area contributed by atoms with Gasteiger partial charge in [0, 0.05) is 5.92 Å². The first-order valence-electron chi connectivity index (χ1n) is 3.80. The molecule has 0 aromatic carbocycles. The second-order valence-electron chi connectivity index (χ2n) is 3.08. The second-order valence-corrected chi connectivity index (χ2v) is 3.08. The Kier molecular flexibility index (Phi) is 2.17. The van der Waals surface area contributed by atoms with Crippen LogP contribution in [0.4, 0.5) is 0 Å². The Balaban J connectivity index is 2.51.